The topological polar surface area (TPSA) is 97.3 Å². The summed E-state index contributed by atoms with van der Waals surface area (Å²) in [7, 11) is 2.94. The van der Waals surface area contributed by atoms with Gasteiger partial charge in [0.15, 0.2) is 5.75 Å². The average Bonchev–Trinajstić information content (AvgIpc) is 3.13. The highest BCUT2D eigenvalue weighted by Gasteiger charge is 2.21. The lowest BCUT2D eigenvalue weighted by molar-refractivity contribution is 0.0513. The molecule has 2 aromatic heterocycles. The molecule has 0 radical (unpaired) electrons. The average molecular weight is 384 g/mol. The third-order valence-electron chi connectivity index (χ3n) is 4.17. The molecule has 1 aromatic carbocycles. The van der Waals surface area contributed by atoms with Crippen LogP contribution in [0, 0.1) is 0 Å². The van der Waals surface area contributed by atoms with Crippen LogP contribution in [0.15, 0.2) is 52.2 Å². The monoisotopic (exact) mass is 384 g/mol. The van der Waals surface area contributed by atoms with E-state index in [-0.39, 0.29) is 24.7 Å². The molecule has 0 N–H and O–H groups in total. The lowest BCUT2D eigenvalue weighted by Gasteiger charge is -2.10. The van der Waals surface area contributed by atoms with Gasteiger partial charge in [-0.15, -0.1) is 0 Å². The Bertz CT molecular complexity index is 1110. The van der Waals surface area contributed by atoms with Gasteiger partial charge >= 0.3 is 11.7 Å². The van der Waals surface area contributed by atoms with Crippen molar-refractivity contribution < 1.29 is 14.3 Å². The molecule has 0 fully saturated rings. The molecule has 28 heavy (non-hydrogen) atoms. The van der Waals surface area contributed by atoms with Crippen LogP contribution in [0.25, 0.3) is 5.69 Å². The molecule has 0 saturated heterocycles. The van der Waals surface area contributed by atoms with E-state index in [4.69, 9.17) is 9.47 Å². The first-order chi connectivity index (χ1) is 13.4. The summed E-state index contributed by atoms with van der Waals surface area (Å²) in [6.07, 6.45) is 1.56. The molecule has 0 amide bonds. The molecule has 0 aliphatic heterocycles. The van der Waals surface area contributed by atoms with Crippen LogP contribution in [0.4, 0.5) is 0 Å². The number of aromatic nitrogens is 4. The highest BCUT2D eigenvalue weighted by Crippen LogP contribution is 2.21. The van der Waals surface area contributed by atoms with Gasteiger partial charge in [0.05, 0.1) is 24.2 Å². The largest absolute Gasteiger partial charge is 0.483 e. The predicted molar refractivity (Wildman–Crippen MR) is 101 cm³/mol. The fourth-order valence-corrected chi connectivity index (χ4v) is 2.59. The van der Waals surface area contributed by atoms with Gasteiger partial charge in [-0.2, -0.15) is 5.10 Å². The van der Waals surface area contributed by atoms with Gasteiger partial charge in [0, 0.05) is 20.2 Å². The first-order valence-corrected chi connectivity index (χ1v) is 8.63. The number of carbonyl (C=O) groups excluding carboxylic acids is 1. The van der Waals surface area contributed by atoms with Crippen molar-refractivity contribution in [3.63, 3.8) is 0 Å². The number of para-hydroxylation sites is 1. The molecule has 2 heterocycles. The summed E-state index contributed by atoms with van der Waals surface area (Å²) in [5.74, 6) is -0.430. The van der Waals surface area contributed by atoms with Crippen LogP contribution in [0.5, 0.6) is 5.75 Å². The SMILES string of the molecule is CCOC(=O)c1nn(-c2ccccc2)cc1OCc1cc(=O)n(C)c(=O)n1C. The standard InChI is InChI=1S/C19H20N4O5/c1-4-27-18(25)17-15(11-23(20-17)13-8-6-5-7-9-13)28-12-14-10-16(24)22(3)19(26)21(14)2/h5-11H,4,12H2,1-3H3. The Morgan fingerprint density at radius 1 is 1.11 bits per heavy atom. The Balaban J connectivity index is 1.95. The summed E-state index contributed by atoms with van der Waals surface area (Å²) in [6.45, 7) is 1.80. The minimum atomic E-state index is -0.620. The molecule has 0 saturated carbocycles. The molecular formula is C19H20N4O5. The summed E-state index contributed by atoms with van der Waals surface area (Å²) in [4.78, 5) is 36.2. The minimum absolute atomic E-state index is 0.0135. The fraction of sp³-hybridized carbons (Fsp3) is 0.263. The van der Waals surface area contributed by atoms with Crippen molar-refractivity contribution in [3.05, 3.63) is 74.8 Å². The summed E-state index contributed by atoms with van der Waals surface area (Å²) in [6, 6.07) is 10.5. The predicted octanol–water partition coefficient (Wildman–Crippen LogP) is 1.03. The summed E-state index contributed by atoms with van der Waals surface area (Å²) < 4.78 is 14.6. The van der Waals surface area contributed by atoms with Gasteiger partial charge in [0.25, 0.3) is 5.56 Å². The zero-order valence-electron chi connectivity index (χ0n) is 15.8. The van der Waals surface area contributed by atoms with Gasteiger partial charge < -0.3 is 9.47 Å². The zero-order valence-corrected chi connectivity index (χ0v) is 15.8. The van der Waals surface area contributed by atoms with Gasteiger partial charge in [-0.05, 0) is 19.1 Å². The maximum absolute atomic E-state index is 12.3. The number of benzene rings is 1. The van der Waals surface area contributed by atoms with E-state index in [2.05, 4.69) is 5.10 Å². The lowest BCUT2D eigenvalue weighted by atomic mass is 10.3. The van der Waals surface area contributed by atoms with Crippen molar-refractivity contribution in [2.75, 3.05) is 6.61 Å². The van der Waals surface area contributed by atoms with Crippen molar-refractivity contribution in [1.82, 2.24) is 18.9 Å². The molecular weight excluding hydrogens is 364 g/mol. The zero-order chi connectivity index (χ0) is 20.3. The van der Waals surface area contributed by atoms with Crippen molar-refractivity contribution in [1.29, 1.82) is 0 Å². The number of carbonyl (C=O) groups is 1. The van der Waals surface area contributed by atoms with E-state index >= 15 is 0 Å². The van der Waals surface area contributed by atoms with E-state index < -0.39 is 17.2 Å². The molecule has 0 spiro atoms. The van der Waals surface area contributed by atoms with Gasteiger partial charge in [-0.1, -0.05) is 18.2 Å². The van der Waals surface area contributed by atoms with Crippen LogP contribution in [0.2, 0.25) is 0 Å². The number of ether oxygens (including phenoxy) is 2. The molecule has 0 bridgehead atoms. The molecule has 3 rings (SSSR count). The normalized spacial score (nSPS) is 10.7. The Hall–Kier alpha value is -3.62. The van der Waals surface area contributed by atoms with E-state index in [1.54, 1.807) is 20.2 Å². The Kier molecular flexibility index (Phi) is 5.44. The maximum atomic E-state index is 12.3. The van der Waals surface area contributed by atoms with Crippen molar-refractivity contribution >= 4 is 5.97 Å². The minimum Gasteiger partial charge on any atom is -0.483 e. The first-order valence-electron chi connectivity index (χ1n) is 8.63. The molecule has 9 nitrogen and oxygen atoms in total. The number of esters is 1. The third-order valence-corrected chi connectivity index (χ3v) is 4.17. The Morgan fingerprint density at radius 2 is 1.82 bits per heavy atom. The number of hydrogen-bond acceptors (Lipinski definition) is 6. The molecule has 0 atom stereocenters. The molecule has 9 heteroatoms. The van der Waals surface area contributed by atoms with Gasteiger partial charge in [-0.25, -0.2) is 14.3 Å². The second kappa shape index (κ2) is 7.95. The summed E-state index contributed by atoms with van der Waals surface area (Å²) in [5.41, 5.74) is 0.225. The van der Waals surface area contributed by atoms with E-state index in [0.717, 1.165) is 10.3 Å². The number of nitrogens with zero attached hydrogens (tertiary/aromatic N) is 4. The molecule has 0 unspecified atom stereocenters. The second-order valence-electron chi connectivity index (χ2n) is 6.01. The highest BCUT2D eigenvalue weighted by atomic mass is 16.5. The van der Waals surface area contributed by atoms with Crippen LogP contribution < -0.4 is 16.0 Å². The van der Waals surface area contributed by atoms with Crippen LogP contribution in [0.1, 0.15) is 23.1 Å². The van der Waals surface area contributed by atoms with Crippen molar-refractivity contribution in [3.8, 4) is 11.4 Å². The van der Waals surface area contributed by atoms with Crippen molar-refractivity contribution in [2.45, 2.75) is 13.5 Å². The summed E-state index contributed by atoms with van der Waals surface area (Å²) >= 11 is 0. The molecule has 0 aliphatic rings. The van der Waals surface area contributed by atoms with Crippen molar-refractivity contribution in [2.24, 2.45) is 14.1 Å². The third kappa shape index (κ3) is 3.73. The summed E-state index contributed by atoms with van der Waals surface area (Å²) in [5, 5.41) is 4.27. The van der Waals surface area contributed by atoms with Gasteiger partial charge in [-0.3, -0.25) is 13.9 Å². The Morgan fingerprint density at radius 3 is 2.50 bits per heavy atom. The van der Waals surface area contributed by atoms with Crippen LogP contribution in [-0.2, 0) is 25.4 Å². The fourth-order valence-electron chi connectivity index (χ4n) is 2.59. The Labute approximate surface area is 160 Å². The van der Waals surface area contributed by atoms with E-state index in [1.807, 2.05) is 30.3 Å². The van der Waals surface area contributed by atoms with Crippen LogP contribution in [-0.4, -0.2) is 31.5 Å². The van der Waals surface area contributed by atoms with E-state index in [9.17, 15) is 14.4 Å². The highest BCUT2D eigenvalue weighted by molar-refractivity contribution is 5.90. The quantitative estimate of drug-likeness (QED) is 0.589. The second-order valence-corrected chi connectivity index (χ2v) is 6.01. The number of hydrogen-bond donors (Lipinski definition) is 0. The van der Waals surface area contributed by atoms with Gasteiger partial charge in [0.1, 0.15) is 6.61 Å². The van der Waals surface area contributed by atoms with Crippen LogP contribution >= 0.6 is 0 Å². The molecule has 0 aliphatic carbocycles. The van der Waals surface area contributed by atoms with E-state index in [0.29, 0.717) is 5.69 Å². The van der Waals surface area contributed by atoms with Gasteiger partial charge in [0.2, 0.25) is 5.69 Å². The van der Waals surface area contributed by atoms with Crippen LogP contribution in [0.3, 0.4) is 0 Å². The lowest BCUT2D eigenvalue weighted by Crippen LogP contribution is -2.38. The smallest absolute Gasteiger partial charge is 0.362 e. The molecule has 146 valence electrons. The molecule has 3 aromatic rings. The van der Waals surface area contributed by atoms with E-state index in [1.165, 1.54) is 22.4 Å². The maximum Gasteiger partial charge on any atom is 0.362 e. The number of rotatable bonds is 6. The first kappa shape index (κ1) is 19.2.